The molecule has 0 radical (unpaired) electrons. The van der Waals surface area contributed by atoms with Crippen LogP contribution in [0.15, 0.2) is 36.5 Å². The van der Waals surface area contributed by atoms with Gasteiger partial charge in [-0.15, -0.1) is 0 Å². The van der Waals surface area contributed by atoms with Gasteiger partial charge in [0.25, 0.3) is 0 Å². The minimum Gasteiger partial charge on any atom is -0.377 e. The molecule has 5 nitrogen and oxygen atoms in total. The first kappa shape index (κ1) is 18.1. The monoisotopic (exact) mass is 379 g/mol. The molecule has 0 spiro atoms. The molecule has 1 unspecified atom stereocenters. The molecule has 0 aliphatic carbocycles. The lowest BCUT2D eigenvalue weighted by Crippen LogP contribution is -2.35. The second-order valence-corrected chi connectivity index (χ2v) is 8.20. The number of fused-ring (bicyclic) bond motifs is 2. The quantitative estimate of drug-likeness (QED) is 0.819. The number of aromatic nitrogens is 2. The maximum Gasteiger partial charge on any atom is 0.143 e. The van der Waals surface area contributed by atoms with Gasteiger partial charge in [0, 0.05) is 25.8 Å². The minimum absolute atomic E-state index is 0.0821. The van der Waals surface area contributed by atoms with Crippen LogP contribution in [0.3, 0.4) is 0 Å². The highest BCUT2D eigenvalue weighted by Gasteiger charge is 2.31. The lowest BCUT2D eigenvalue weighted by Gasteiger charge is -2.32. The summed E-state index contributed by atoms with van der Waals surface area (Å²) in [6.07, 6.45) is 8.75. The second-order valence-electron chi connectivity index (χ2n) is 8.20. The van der Waals surface area contributed by atoms with Crippen molar-refractivity contribution >= 4 is 5.57 Å². The molecular formula is C23H29N3O2. The number of imidazole rings is 1. The van der Waals surface area contributed by atoms with Crippen LogP contribution in [0.2, 0.25) is 0 Å². The summed E-state index contributed by atoms with van der Waals surface area (Å²) in [4.78, 5) is 7.49. The maximum absolute atomic E-state index is 6.76. The minimum atomic E-state index is -0.0821. The highest BCUT2D eigenvalue weighted by atomic mass is 16.5. The summed E-state index contributed by atoms with van der Waals surface area (Å²) in [6, 6.07) is 8.74. The van der Waals surface area contributed by atoms with E-state index in [2.05, 4.69) is 53.1 Å². The highest BCUT2D eigenvalue weighted by Crippen LogP contribution is 2.35. The molecule has 0 amide bonds. The Morgan fingerprint density at radius 3 is 2.79 bits per heavy atom. The molecule has 5 rings (SSSR count). The molecule has 28 heavy (non-hydrogen) atoms. The number of rotatable bonds is 3. The van der Waals surface area contributed by atoms with Gasteiger partial charge >= 0.3 is 0 Å². The molecule has 0 bridgehead atoms. The normalized spacial score (nSPS) is 23.6. The fourth-order valence-electron chi connectivity index (χ4n) is 4.58. The van der Waals surface area contributed by atoms with E-state index < -0.39 is 0 Å². The fraction of sp³-hybridized carbons (Fsp3) is 0.522. The van der Waals surface area contributed by atoms with E-state index in [-0.39, 0.29) is 6.10 Å². The summed E-state index contributed by atoms with van der Waals surface area (Å²) >= 11 is 0. The Morgan fingerprint density at radius 2 is 1.96 bits per heavy atom. The molecule has 1 atom stereocenters. The average Bonchev–Trinajstić information content (AvgIpc) is 3.11. The molecule has 1 aromatic heterocycles. The number of likely N-dealkylation sites (tertiary alicyclic amines) is 1. The van der Waals surface area contributed by atoms with Gasteiger partial charge in [0.05, 0.1) is 25.0 Å². The first-order valence-electron chi connectivity index (χ1n) is 10.5. The van der Waals surface area contributed by atoms with Crippen molar-refractivity contribution in [3.8, 4) is 0 Å². The molecule has 2 aromatic rings. The summed E-state index contributed by atoms with van der Waals surface area (Å²) in [5.41, 5.74) is 5.07. The Morgan fingerprint density at radius 1 is 1.11 bits per heavy atom. The number of hydrogen-bond acceptors (Lipinski definition) is 4. The van der Waals surface area contributed by atoms with Gasteiger partial charge in [-0.3, -0.25) is 0 Å². The predicted molar refractivity (Wildman–Crippen MR) is 109 cm³/mol. The topological polar surface area (TPSA) is 39.5 Å². The third-order valence-electron chi connectivity index (χ3n) is 6.29. The SMILES string of the molecule is CN1CCC(OC2c3ccccc3CCn3cc(C4=CCOCC4)nc32)CC1. The van der Waals surface area contributed by atoms with Gasteiger partial charge in [-0.2, -0.15) is 0 Å². The van der Waals surface area contributed by atoms with Gasteiger partial charge in [-0.25, -0.2) is 4.98 Å². The number of nitrogens with zero attached hydrogens (tertiary/aromatic N) is 3. The predicted octanol–water partition coefficient (Wildman–Crippen LogP) is 3.44. The molecule has 0 N–H and O–H groups in total. The van der Waals surface area contributed by atoms with Crippen molar-refractivity contribution in [3.05, 3.63) is 59.2 Å². The van der Waals surface area contributed by atoms with E-state index in [1.54, 1.807) is 0 Å². The van der Waals surface area contributed by atoms with Gasteiger partial charge in [0.1, 0.15) is 11.9 Å². The molecule has 5 heteroatoms. The Labute approximate surface area is 167 Å². The van der Waals surface area contributed by atoms with Crippen molar-refractivity contribution < 1.29 is 9.47 Å². The van der Waals surface area contributed by atoms with E-state index in [0.717, 1.165) is 63.4 Å². The van der Waals surface area contributed by atoms with Gasteiger partial charge < -0.3 is 18.9 Å². The van der Waals surface area contributed by atoms with E-state index in [0.29, 0.717) is 12.7 Å². The summed E-state index contributed by atoms with van der Waals surface area (Å²) < 4.78 is 14.6. The van der Waals surface area contributed by atoms with Crippen molar-refractivity contribution in [2.24, 2.45) is 0 Å². The largest absolute Gasteiger partial charge is 0.377 e. The average molecular weight is 380 g/mol. The summed E-state index contributed by atoms with van der Waals surface area (Å²) in [6.45, 7) is 4.63. The zero-order valence-electron chi connectivity index (χ0n) is 16.6. The fourth-order valence-corrected chi connectivity index (χ4v) is 4.58. The Kier molecular flexibility index (Phi) is 5.05. The number of piperidine rings is 1. The smallest absolute Gasteiger partial charge is 0.143 e. The standard InChI is InChI=1S/C23H29N3O2/c1-25-11-7-19(8-12-25)28-22-20-5-3-2-4-17(20)6-13-26-16-21(24-23(22)26)18-9-14-27-15-10-18/h2-5,9,16,19,22H,6-8,10-15H2,1H3. The number of hydrogen-bond donors (Lipinski definition) is 0. The van der Waals surface area contributed by atoms with Gasteiger partial charge in [-0.1, -0.05) is 30.3 Å². The second kappa shape index (κ2) is 7.82. The van der Waals surface area contributed by atoms with Crippen LogP contribution in [0.5, 0.6) is 0 Å². The Balaban J connectivity index is 1.50. The summed E-state index contributed by atoms with van der Waals surface area (Å²) in [5, 5.41) is 0. The molecule has 4 heterocycles. The molecule has 148 valence electrons. The van der Waals surface area contributed by atoms with Crippen LogP contribution in [0.25, 0.3) is 5.57 Å². The van der Waals surface area contributed by atoms with Crippen molar-refractivity contribution in [2.45, 2.75) is 44.4 Å². The first-order valence-corrected chi connectivity index (χ1v) is 10.5. The zero-order valence-corrected chi connectivity index (χ0v) is 16.6. The van der Waals surface area contributed by atoms with E-state index in [1.807, 2.05) is 0 Å². The van der Waals surface area contributed by atoms with Crippen LogP contribution in [0.1, 0.15) is 48.0 Å². The van der Waals surface area contributed by atoms with Gasteiger partial charge in [0.2, 0.25) is 0 Å². The van der Waals surface area contributed by atoms with Crippen molar-refractivity contribution in [1.82, 2.24) is 14.5 Å². The van der Waals surface area contributed by atoms with Crippen LogP contribution in [0, 0.1) is 0 Å². The highest BCUT2D eigenvalue weighted by molar-refractivity contribution is 5.63. The van der Waals surface area contributed by atoms with Crippen molar-refractivity contribution in [3.63, 3.8) is 0 Å². The van der Waals surface area contributed by atoms with Crippen LogP contribution < -0.4 is 0 Å². The zero-order chi connectivity index (χ0) is 18.9. The molecule has 3 aliphatic rings. The molecule has 1 fully saturated rings. The van der Waals surface area contributed by atoms with Crippen LogP contribution in [0.4, 0.5) is 0 Å². The summed E-state index contributed by atoms with van der Waals surface area (Å²) in [7, 11) is 2.19. The third-order valence-corrected chi connectivity index (χ3v) is 6.29. The van der Waals surface area contributed by atoms with Crippen LogP contribution in [-0.4, -0.2) is 53.9 Å². The van der Waals surface area contributed by atoms with Crippen LogP contribution >= 0.6 is 0 Å². The Bertz CT molecular complexity index is 864. The number of benzene rings is 1. The molecule has 0 saturated carbocycles. The van der Waals surface area contributed by atoms with Crippen molar-refractivity contribution in [2.75, 3.05) is 33.4 Å². The van der Waals surface area contributed by atoms with Gasteiger partial charge in [0.15, 0.2) is 0 Å². The van der Waals surface area contributed by atoms with Gasteiger partial charge in [-0.05, 0) is 49.4 Å². The lowest BCUT2D eigenvalue weighted by molar-refractivity contribution is -0.0276. The van der Waals surface area contributed by atoms with E-state index in [4.69, 9.17) is 14.5 Å². The van der Waals surface area contributed by atoms with E-state index in [9.17, 15) is 0 Å². The lowest BCUT2D eigenvalue weighted by atomic mass is 9.99. The molecule has 1 aromatic carbocycles. The molecule has 3 aliphatic heterocycles. The third kappa shape index (κ3) is 3.54. The number of aryl methyl sites for hydroxylation is 2. The van der Waals surface area contributed by atoms with Crippen LogP contribution in [-0.2, 0) is 22.4 Å². The van der Waals surface area contributed by atoms with Crippen molar-refractivity contribution in [1.29, 1.82) is 0 Å². The summed E-state index contributed by atoms with van der Waals surface area (Å²) in [5.74, 6) is 1.06. The number of ether oxygens (including phenoxy) is 2. The Hall–Kier alpha value is -1.95. The maximum atomic E-state index is 6.76. The molecular weight excluding hydrogens is 350 g/mol. The van der Waals surface area contributed by atoms with E-state index in [1.165, 1.54) is 16.7 Å². The molecule has 1 saturated heterocycles. The van der Waals surface area contributed by atoms with E-state index >= 15 is 0 Å². The first-order chi connectivity index (χ1) is 13.8.